The Morgan fingerprint density at radius 1 is 1.24 bits per heavy atom. The third-order valence-corrected chi connectivity index (χ3v) is 5.58. The van der Waals surface area contributed by atoms with E-state index < -0.39 is 0 Å². The summed E-state index contributed by atoms with van der Waals surface area (Å²) in [6.07, 6.45) is 7.04. The van der Waals surface area contributed by atoms with Crippen LogP contribution in [0.5, 0.6) is 0 Å². The lowest BCUT2D eigenvalue weighted by molar-refractivity contribution is 0.184. The van der Waals surface area contributed by atoms with Gasteiger partial charge < -0.3 is 5.32 Å². The van der Waals surface area contributed by atoms with E-state index in [-0.39, 0.29) is 5.54 Å². The summed E-state index contributed by atoms with van der Waals surface area (Å²) in [5, 5.41) is 3.59. The minimum absolute atomic E-state index is 0.191. The van der Waals surface area contributed by atoms with Gasteiger partial charge in [-0.1, -0.05) is 19.3 Å². The molecule has 1 fully saturated rings. The second-order valence-corrected chi connectivity index (χ2v) is 8.95. The van der Waals surface area contributed by atoms with E-state index in [9.17, 15) is 0 Å². The third-order valence-electron chi connectivity index (χ3n) is 4.48. The molecule has 0 aliphatic heterocycles. The first-order valence-corrected chi connectivity index (χ1v) is 9.20. The fourth-order valence-electron chi connectivity index (χ4n) is 3.10. The van der Waals surface area contributed by atoms with Gasteiger partial charge in [0.25, 0.3) is 0 Å². The molecule has 1 N–H and O–H groups in total. The van der Waals surface area contributed by atoms with Crippen LogP contribution in [-0.4, -0.2) is 23.5 Å². The first-order valence-electron chi connectivity index (χ1n) is 8.38. The predicted molar refractivity (Wildman–Crippen MR) is 94.0 cm³/mol. The molecule has 1 aliphatic carbocycles. The highest BCUT2D eigenvalue weighted by Gasteiger charge is 2.19. The molecule has 1 heterocycles. The molecule has 1 aromatic rings. The standard InChI is InChI=1S/C18H32N2S/c1-14-15(11-17(21-14)12-19-18(2,3)4)13-20(5)16-9-7-6-8-10-16/h11,16,19H,6-10,12-13H2,1-5H3. The van der Waals surface area contributed by atoms with Crippen LogP contribution in [0, 0.1) is 6.92 Å². The Balaban J connectivity index is 1.92. The van der Waals surface area contributed by atoms with Crippen LogP contribution < -0.4 is 5.32 Å². The SMILES string of the molecule is Cc1sc(CNC(C)(C)C)cc1CN(C)C1CCCCC1. The first-order chi connectivity index (χ1) is 9.85. The van der Waals surface area contributed by atoms with E-state index in [1.807, 2.05) is 11.3 Å². The van der Waals surface area contributed by atoms with Gasteiger partial charge >= 0.3 is 0 Å². The van der Waals surface area contributed by atoms with Gasteiger partial charge in [-0.25, -0.2) is 0 Å². The van der Waals surface area contributed by atoms with Crippen LogP contribution >= 0.6 is 11.3 Å². The molecular formula is C18H32N2S. The summed E-state index contributed by atoms with van der Waals surface area (Å²) >= 11 is 1.95. The maximum Gasteiger partial charge on any atom is 0.0304 e. The maximum absolute atomic E-state index is 3.59. The van der Waals surface area contributed by atoms with E-state index in [1.165, 1.54) is 47.4 Å². The van der Waals surface area contributed by atoms with Crippen LogP contribution in [0.25, 0.3) is 0 Å². The zero-order valence-corrected chi connectivity index (χ0v) is 15.3. The van der Waals surface area contributed by atoms with E-state index in [0.717, 1.165) is 19.1 Å². The molecule has 0 spiro atoms. The van der Waals surface area contributed by atoms with Gasteiger partial charge in [0.05, 0.1) is 0 Å². The molecule has 0 amide bonds. The van der Waals surface area contributed by atoms with Gasteiger partial charge in [-0.3, -0.25) is 4.90 Å². The van der Waals surface area contributed by atoms with Crippen molar-refractivity contribution >= 4 is 11.3 Å². The third kappa shape index (κ3) is 5.39. The predicted octanol–water partition coefficient (Wildman–Crippen LogP) is 4.71. The molecule has 0 atom stereocenters. The highest BCUT2D eigenvalue weighted by molar-refractivity contribution is 7.12. The molecule has 21 heavy (non-hydrogen) atoms. The molecule has 1 aromatic heterocycles. The molecule has 0 aromatic carbocycles. The Morgan fingerprint density at radius 3 is 2.52 bits per heavy atom. The number of thiophene rings is 1. The van der Waals surface area contributed by atoms with Gasteiger partial charge in [0, 0.05) is 34.4 Å². The van der Waals surface area contributed by atoms with E-state index >= 15 is 0 Å². The number of aryl methyl sites for hydroxylation is 1. The van der Waals surface area contributed by atoms with Crippen molar-refractivity contribution in [2.45, 2.75) is 84.5 Å². The van der Waals surface area contributed by atoms with Crippen molar-refractivity contribution < 1.29 is 0 Å². The van der Waals surface area contributed by atoms with Crippen LogP contribution in [0.2, 0.25) is 0 Å². The maximum atomic E-state index is 3.59. The Morgan fingerprint density at radius 2 is 1.90 bits per heavy atom. The highest BCUT2D eigenvalue weighted by atomic mass is 32.1. The van der Waals surface area contributed by atoms with Gasteiger partial charge in [0.15, 0.2) is 0 Å². The number of nitrogens with one attached hydrogen (secondary N) is 1. The van der Waals surface area contributed by atoms with E-state index in [4.69, 9.17) is 0 Å². The van der Waals surface area contributed by atoms with Crippen LogP contribution in [-0.2, 0) is 13.1 Å². The average Bonchev–Trinajstić information content (AvgIpc) is 2.77. The largest absolute Gasteiger partial charge is 0.307 e. The molecule has 2 nitrogen and oxygen atoms in total. The lowest BCUT2D eigenvalue weighted by Crippen LogP contribution is -2.34. The van der Waals surface area contributed by atoms with Crippen molar-refractivity contribution in [3.05, 3.63) is 21.4 Å². The van der Waals surface area contributed by atoms with Crippen LogP contribution in [0.4, 0.5) is 0 Å². The number of rotatable bonds is 5. The average molecular weight is 309 g/mol. The molecule has 0 radical (unpaired) electrons. The molecule has 0 saturated heterocycles. The normalized spacial score (nSPS) is 17.6. The summed E-state index contributed by atoms with van der Waals surface area (Å²) in [5.74, 6) is 0. The summed E-state index contributed by atoms with van der Waals surface area (Å²) in [5.41, 5.74) is 1.72. The fraction of sp³-hybridized carbons (Fsp3) is 0.778. The van der Waals surface area contributed by atoms with Crippen molar-refractivity contribution in [3.8, 4) is 0 Å². The van der Waals surface area contributed by atoms with Crippen LogP contribution in [0.15, 0.2) is 6.07 Å². The second-order valence-electron chi connectivity index (χ2n) is 7.60. The van der Waals surface area contributed by atoms with E-state index in [2.05, 4.69) is 51.0 Å². The second kappa shape index (κ2) is 7.26. The minimum atomic E-state index is 0.191. The monoisotopic (exact) mass is 308 g/mol. The van der Waals surface area contributed by atoms with Crippen LogP contribution in [0.3, 0.4) is 0 Å². The van der Waals surface area contributed by atoms with Crippen LogP contribution in [0.1, 0.15) is 68.2 Å². The zero-order valence-electron chi connectivity index (χ0n) is 14.5. The van der Waals surface area contributed by atoms with E-state index in [1.54, 1.807) is 0 Å². The number of hydrogen-bond donors (Lipinski definition) is 1. The molecule has 120 valence electrons. The fourth-order valence-corrected chi connectivity index (χ4v) is 4.10. The van der Waals surface area contributed by atoms with Gasteiger partial charge in [-0.2, -0.15) is 0 Å². The number of nitrogens with zero attached hydrogens (tertiary/aromatic N) is 1. The Bertz CT molecular complexity index is 439. The van der Waals surface area contributed by atoms with Crippen molar-refractivity contribution in [1.82, 2.24) is 10.2 Å². The van der Waals surface area contributed by atoms with Crippen molar-refractivity contribution in [1.29, 1.82) is 0 Å². The summed E-state index contributed by atoms with van der Waals surface area (Å²) in [6, 6.07) is 3.21. The topological polar surface area (TPSA) is 15.3 Å². The molecule has 3 heteroatoms. The summed E-state index contributed by atoms with van der Waals surface area (Å²) in [7, 11) is 2.31. The lowest BCUT2D eigenvalue weighted by Gasteiger charge is -2.31. The van der Waals surface area contributed by atoms with Crippen molar-refractivity contribution in [2.24, 2.45) is 0 Å². The van der Waals surface area contributed by atoms with Gasteiger partial charge in [0.2, 0.25) is 0 Å². The van der Waals surface area contributed by atoms with E-state index in [0.29, 0.717) is 0 Å². The Hall–Kier alpha value is -0.380. The van der Waals surface area contributed by atoms with Gasteiger partial charge in [-0.05, 0) is 59.2 Å². The van der Waals surface area contributed by atoms with Gasteiger partial charge in [0.1, 0.15) is 0 Å². The zero-order chi connectivity index (χ0) is 15.5. The summed E-state index contributed by atoms with van der Waals surface area (Å²) in [6.45, 7) is 11.1. The van der Waals surface area contributed by atoms with Crippen molar-refractivity contribution in [2.75, 3.05) is 7.05 Å². The molecule has 1 saturated carbocycles. The Labute approximate surface area is 134 Å². The molecule has 2 rings (SSSR count). The quantitative estimate of drug-likeness (QED) is 0.847. The minimum Gasteiger partial charge on any atom is -0.307 e. The highest BCUT2D eigenvalue weighted by Crippen LogP contribution is 2.27. The molecule has 1 aliphatic rings. The number of hydrogen-bond acceptors (Lipinski definition) is 3. The Kier molecular flexibility index (Phi) is 5.87. The molecule has 0 bridgehead atoms. The molecule has 0 unspecified atom stereocenters. The lowest BCUT2D eigenvalue weighted by atomic mass is 9.94. The summed E-state index contributed by atoms with van der Waals surface area (Å²) in [4.78, 5) is 5.53. The van der Waals surface area contributed by atoms with Crippen molar-refractivity contribution in [3.63, 3.8) is 0 Å². The summed E-state index contributed by atoms with van der Waals surface area (Å²) < 4.78 is 0. The van der Waals surface area contributed by atoms with Gasteiger partial charge in [-0.15, -0.1) is 11.3 Å². The first kappa shape index (κ1) is 17.0. The smallest absolute Gasteiger partial charge is 0.0304 e. The molecular weight excluding hydrogens is 276 g/mol.